The maximum atomic E-state index is 9.33. The minimum atomic E-state index is 0.307. The quantitative estimate of drug-likeness (QED) is 0.426. The Bertz CT molecular complexity index is 1200. The Balaban J connectivity index is 1.50. The summed E-state index contributed by atoms with van der Waals surface area (Å²) >= 11 is 0. The highest BCUT2D eigenvalue weighted by atomic mass is 16.5. The lowest BCUT2D eigenvalue weighted by Crippen LogP contribution is -2.04. The van der Waals surface area contributed by atoms with Crippen molar-refractivity contribution >= 4 is 10.8 Å². The highest BCUT2D eigenvalue weighted by Crippen LogP contribution is 2.29. The van der Waals surface area contributed by atoms with E-state index in [1.165, 1.54) is 0 Å². The highest BCUT2D eigenvalue weighted by Gasteiger charge is 2.10. The molecule has 0 aliphatic heterocycles. The number of pyridine rings is 1. The van der Waals surface area contributed by atoms with Crippen molar-refractivity contribution in [3.05, 3.63) is 95.7 Å². The second-order valence-electron chi connectivity index (χ2n) is 6.66. The molecular formula is C25H20N2O3. The van der Waals surface area contributed by atoms with Gasteiger partial charge in [0.1, 0.15) is 24.7 Å². The Morgan fingerprint density at radius 3 is 2.40 bits per heavy atom. The zero-order valence-electron chi connectivity index (χ0n) is 16.5. The first-order valence-corrected chi connectivity index (χ1v) is 9.53. The van der Waals surface area contributed by atoms with Crippen molar-refractivity contribution < 1.29 is 14.2 Å². The Labute approximate surface area is 175 Å². The van der Waals surface area contributed by atoms with Gasteiger partial charge in [-0.2, -0.15) is 5.26 Å². The Hall–Kier alpha value is -4.04. The minimum Gasteiger partial charge on any atom is -0.497 e. The first-order chi connectivity index (χ1) is 14.8. The summed E-state index contributed by atoms with van der Waals surface area (Å²) in [4.78, 5) is 4.36. The summed E-state index contributed by atoms with van der Waals surface area (Å²) in [6, 6.07) is 25.1. The fourth-order valence-corrected chi connectivity index (χ4v) is 3.19. The maximum Gasteiger partial charge on any atom is 0.220 e. The molecule has 0 atom stereocenters. The van der Waals surface area contributed by atoms with Gasteiger partial charge in [-0.1, -0.05) is 36.4 Å². The maximum absolute atomic E-state index is 9.33. The first kappa shape index (κ1) is 19.3. The van der Waals surface area contributed by atoms with Crippen LogP contribution in [0.25, 0.3) is 10.8 Å². The number of benzene rings is 3. The molecule has 0 saturated heterocycles. The number of fused-ring (bicyclic) bond motifs is 1. The first-order valence-electron chi connectivity index (χ1n) is 9.53. The van der Waals surface area contributed by atoms with Crippen LogP contribution in [0.4, 0.5) is 0 Å². The molecule has 1 aromatic heterocycles. The van der Waals surface area contributed by atoms with Crippen LogP contribution in [-0.2, 0) is 13.2 Å². The number of methoxy groups -OCH3 is 1. The van der Waals surface area contributed by atoms with E-state index in [9.17, 15) is 5.26 Å². The Kier molecular flexibility index (Phi) is 5.77. The van der Waals surface area contributed by atoms with Crippen LogP contribution in [0.3, 0.4) is 0 Å². The monoisotopic (exact) mass is 396 g/mol. The van der Waals surface area contributed by atoms with Crippen LogP contribution >= 0.6 is 0 Å². The SMILES string of the molecule is COc1ccc(COc2ncccc2COc2ccc(C#N)c3ccccc23)cc1. The molecule has 0 radical (unpaired) electrons. The molecule has 0 aliphatic carbocycles. The third kappa shape index (κ3) is 4.18. The van der Waals surface area contributed by atoms with Crippen molar-refractivity contribution in [2.75, 3.05) is 7.11 Å². The molecule has 0 fully saturated rings. The van der Waals surface area contributed by atoms with Crippen molar-refractivity contribution in [2.24, 2.45) is 0 Å². The van der Waals surface area contributed by atoms with Crippen molar-refractivity contribution in [1.29, 1.82) is 5.26 Å². The van der Waals surface area contributed by atoms with Gasteiger partial charge in [0, 0.05) is 17.0 Å². The molecular weight excluding hydrogens is 376 g/mol. The van der Waals surface area contributed by atoms with E-state index >= 15 is 0 Å². The lowest BCUT2D eigenvalue weighted by atomic mass is 10.0. The van der Waals surface area contributed by atoms with Gasteiger partial charge in [0.15, 0.2) is 0 Å². The molecule has 30 heavy (non-hydrogen) atoms. The molecule has 3 aromatic carbocycles. The molecule has 4 aromatic rings. The predicted molar refractivity (Wildman–Crippen MR) is 115 cm³/mol. The largest absolute Gasteiger partial charge is 0.497 e. The van der Waals surface area contributed by atoms with Crippen LogP contribution in [-0.4, -0.2) is 12.1 Å². The molecule has 0 unspecified atom stereocenters. The zero-order chi connectivity index (χ0) is 20.8. The zero-order valence-corrected chi connectivity index (χ0v) is 16.5. The highest BCUT2D eigenvalue weighted by molar-refractivity contribution is 5.92. The molecule has 5 heteroatoms. The molecule has 148 valence electrons. The van der Waals surface area contributed by atoms with E-state index in [0.717, 1.165) is 33.4 Å². The molecule has 0 bridgehead atoms. The number of ether oxygens (including phenoxy) is 3. The normalized spacial score (nSPS) is 10.4. The summed E-state index contributed by atoms with van der Waals surface area (Å²) in [6.07, 6.45) is 1.70. The minimum absolute atomic E-state index is 0.307. The smallest absolute Gasteiger partial charge is 0.220 e. The fraction of sp³-hybridized carbons (Fsp3) is 0.120. The van der Waals surface area contributed by atoms with Crippen molar-refractivity contribution in [1.82, 2.24) is 4.98 Å². The lowest BCUT2D eigenvalue weighted by molar-refractivity contribution is 0.266. The second kappa shape index (κ2) is 8.97. The summed E-state index contributed by atoms with van der Waals surface area (Å²) in [5.74, 6) is 2.06. The molecule has 1 heterocycles. The number of nitriles is 1. The summed E-state index contributed by atoms with van der Waals surface area (Å²) in [5, 5.41) is 11.1. The average molecular weight is 396 g/mol. The van der Waals surface area contributed by atoms with Gasteiger partial charge < -0.3 is 14.2 Å². The Morgan fingerprint density at radius 2 is 1.63 bits per heavy atom. The van der Waals surface area contributed by atoms with Crippen LogP contribution in [0.15, 0.2) is 79.0 Å². The lowest BCUT2D eigenvalue weighted by Gasteiger charge is -2.13. The van der Waals surface area contributed by atoms with Gasteiger partial charge in [-0.15, -0.1) is 0 Å². The van der Waals surface area contributed by atoms with Crippen LogP contribution < -0.4 is 14.2 Å². The van der Waals surface area contributed by atoms with Crippen LogP contribution in [0, 0.1) is 11.3 Å². The number of aromatic nitrogens is 1. The molecule has 5 nitrogen and oxygen atoms in total. The van der Waals surface area contributed by atoms with Gasteiger partial charge in [0.25, 0.3) is 0 Å². The summed E-state index contributed by atoms with van der Waals surface area (Å²) in [5.41, 5.74) is 2.49. The number of hydrogen-bond donors (Lipinski definition) is 0. The summed E-state index contributed by atoms with van der Waals surface area (Å²) in [6.45, 7) is 0.704. The topological polar surface area (TPSA) is 64.4 Å². The van der Waals surface area contributed by atoms with Gasteiger partial charge in [-0.3, -0.25) is 0 Å². The van der Waals surface area contributed by atoms with E-state index in [1.54, 1.807) is 19.4 Å². The molecule has 0 N–H and O–H groups in total. The summed E-state index contributed by atoms with van der Waals surface area (Å²) in [7, 11) is 1.64. The van der Waals surface area contributed by atoms with Gasteiger partial charge in [0.2, 0.25) is 5.88 Å². The second-order valence-corrected chi connectivity index (χ2v) is 6.66. The van der Waals surface area contributed by atoms with Crippen LogP contribution in [0.2, 0.25) is 0 Å². The third-order valence-corrected chi connectivity index (χ3v) is 4.77. The fourth-order valence-electron chi connectivity index (χ4n) is 3.19. The molecule has 0 saturated carbocycles. The van der Waals surface area contributed by atoms with E-state index in [-0.39, 0.29) is 0 Å². The van der Waals surface area contributed by atoms with E-state index < -0.39 is 0 Å². The number of hydrogen-bond acceptors (Lipinski definition) is 5. The predicted octanol–water partition coefficient (Wildman–Crippen LogP) is 5.27. The third-order valence-electron chi connectivity index (χ3n) is 4.77. The van der Waals surface area contributed by atoms with E-state index in [4.69, 9.17) is 14.2 Å². The van der Waals surface area contributed by atoms with E-state index in [1.807, 2.05) is 66.7 Å². The number of nitrogens with zero attached hydrogens (tertiary/aromatic N) is 2. The van der Waals surface area contributed by atoms with Gasteiger partial charge in [-0.05, 0) is 42.0 Å². The standard InChI is InChI=1S/C25H20N2O3/c1-28-21-11-8-18(9-12-21)16-30-25-20(5-4-14-27-25)17-29-24-13-10-19(15-26)22-6-2-3-7-23(22)24/h2-14H,16-17H2,1H3. The van der Waals surface area contributed by atoms with Crippen LogP contribution in [0.5, 0.6) is 17.4 Å². The van der Waals surface area contributed by atoms with E-state index in [2.05, 4.69) is 11.1 Å². The van der Waals surface area contributed by atoms with Gasteiger partial charge in [-0.25, -0.2) is 4.98 Å². The number of rotatable bonds is 7. The molecule has 0 aliphatic rings. The van der Waals surface area contributed by atoms with Crippen LogP contribution in [0.1, 0.15) is 16.7 Å². The van der Waals surface area contributed by atoms with Crippen molar-refractivity contribution in [2.45, 2.75) is 13.2 Å². The molecule has 4 rings (SSSR count). The van der Waals surface area contributed by atoms with Crippen molar-refractivity contribution in [3.63, 3.8) is 0 Å². The molecule has 0 amide bonds. The van der Waals surface area contributed by atoms with Crippen molar-refractivity contribution in [3.8, 4) is 23.4 Å². The van der Waals surface area contributed by atoms with Gasteiger partial charge in [0.05, 0.1) is 24.3 Å². The molecule has 0 spiro atoms. The summed E-state index contributed by atoms with van der Waals surface area (Å²) < 4.78 is 17.2. The Morgan fingerprint density at radius 1 is 0.833 bits per heavy atom. The van der Waals surface area contributed by atoms with E-state index in [0.29, 0.717) is 24.7 Å². The van der Waals surface area contributed by atoms with Gasteiger partial charge >= 0.3 is 0 Å². The average Bonchev–Trinajstić information content (AvgIpc) is 2.82.